The number of thioether (sulfide) groups is 1. The number of hydrogen-bond donors (Lipinski definition) is 1. The minimum atomic E-state index is 0.0272. The Morgan fingerprint density at radius 2 is 2.25 bits per heavy atom. The molecule has 1 fully saturated rings. The lowest BCUT2D eigenvalue weighted by Crippen LogP contribution is -2.41. The van der Waals surface area contributed by atoms with Gasteiger partial charge in [-0.05, 0) is 47.4 Å². The molecule has 0 radical (unpaired) electrons. The standard InChI is InChI=1S/C16H20ClN5OS/c1-11-5-2-3-8-14(11)18-15(23)10-24-16-19-20-21-22(16)13-7-4-6-12(17)9-13/h4,6-7,9,11,14H,2-3,5,8,10H2,1H3,(H,18,23)/t11-,14-/m1/s1. The van der Waals surface area contributed by atoms with Gasteiger partial charge in [0.25, 0.3) is 0 Å². The summed E-state index contributed by atoms with van der Waals surface area (Å²) in [5.41, 5.74) is 0.774. The number of aromatic nitrogens is 4. The highest BCUT2D eigenvalue weighted by atomic mass is 35.5. The molecule has 1 aliphatic rings. The Morgan fingerprint density at radius 1 is 1.42 bits per heavy atom. The molecule has 0 aliphatic heterocycles. The van der Waals surface area contributed by atoms with Gasteiger partial charge in [0, 0.05) is 11.1 Å². The third kappa shape index (κ3) is 4.27. The summed E-state index contributed by atoms with van der Waals surface area (Å²) in [4.78, 5) is 12.2. The van der Waals surface area contributed by atoms with Gasteiger partial charge >= 0.3 is 0 Å². The van der Waals surface area contributed by atoms with E-state index >= 15 is 0 Å². The molecule has 1 N–H and O–H groups in total. The number of rotatable bonds is 5. The molecular weight excluding hydrogens is 346 g/mol. The van der Waals surface area contributed by atoms with Crippen LogP contribution in [0.4, 0.5) is 0 Å². The monoisotopic (exact) mass is 365 g/mol. The van der Waals surface area contributed by atoms with E-state index in [0.29, 0.717) is 21.8 Å². The number of carbonyl (C=O) groups is 1. The largest absolute Gasteiger partial charge is 0.352 e. The summed E-state index contributed by atoms with van der Waals surface area (Å²) in [7, 11) is 0. The van der Waals surface area contributed by atoms with Gasteiger partial charge in [-0.15, -0.1) is 5.10 Å². The first kappa shape index (κ1) is 17.2. The zero-order valence-corrected chi connectivity index (χ0v) is 15.1. The molecule has 1 aromatic heterocycles. The first-order valence-corrected chi connectivity index (χ1v) is 9.46. The lowest BCUT2D eigenvalue weighted by atomic mass is 9.86. The third-order valence-electron chi connectivity index (χ3n) is 4.28. The Balaban J connectivity index is 1.59. The Bertz CT molecular complexity index is 707. The van der Waals surface area contributed by atoms with Crippen LogP contribution in [-0.2, 0) is 4.79 Å². The van der Waals surface area contributed by atoms with Crippen LogP contribution < -0.4 is 5.32 Å². The molecule has 2 aromatic rings. The van der Waals surface area contributed by atoms with Crippen molar-refractivity contribution < 1.29 is 4.79 Å². The molecule has 2 atom stereocenters. The van der Waals surface area contributed by atoms with Gasteiger partial charge < -0.3 is 5.32 Å². The Labute approximate surface area is 150 Å². The van der Waals surface area contributed by atoms with E-state index < -0.39 is 0 Å². The number of tetrazole rings is 1. The minimum absolute atomic E-state index is 0.0272. The fourth-order valence-corrected chi connectivity index (χ4v) is 3.83. The van der Waals surface area contributed by atoms with Crippen molar-refractivity contribution in [2.45, 2.75) is 43.8 Å². The van der Waals surface area contributed by atoms with Gasteiger partial charge in [0.1, 0.15) is 0 Å². The number of hydrogen-bond acceptors (Lipinski definition) is 5. The van der Waals surface area contributed by atoms with Gasteiger partial charge in [0.05, 0.1) is 11.4 Å². The van der Waals surface area contributed by atoms with Gasteiger partial charge in [-0.1, -0.05) is 49.2 Å². The van der Waals surface area contributed by atoms with Gasteiger partial charge in [-0.2, -0.15) is 4.68 Å². The van der Waals surface area contributed by atoms with Crippen molar-refractivity contribution in [3.63, 3.8) is 0 Å². The molecule has 0 unspecified atom stereocenters. The Morgan fingerprint density at radius 3 is 3.04 bits per heavy atom. The van der Waals surface area contributed by atoms with E-state index in [-0.39, 0.29) is 11.9 Å². The number of carbonyl (C=O) groups excluding carboxylic acids is 1. The van der Waals surface area contributed by atoms with Crippen LogP contribution in [0.5, 0.6) is 0 Å². The molecule has 1 amide bonds. The SMILES string of the molecule is C[C@@H]1CCCC[C@H]1NC(=O)CSc1nnnn1-c1cccc(Cl)c1. The van der Waals surface area contributed by atoms with Crippen molar-refractivity contribution in [3.05, 3.63) is 29.3 Å². The van der Waals surface area contributed by atoms with Crippen molar-refractivity contribution in [2.75, 3.05) is 5.75 Å². The van der Waals surface area contributed by atoms with Crippen LogP contribution in [-0.4, -0.2) is 37.9 Å². The molecule has 24 heavy (non-hydrogen) atoms. The highest BCUT2D eigenvalue weighted by Gasteiger charge is 2.23. The maximum atomic E-state index is 12.2. The fourth-order valence-electron chi connectivity index (χ4n) is 2.95. The molecular formula is C16H20ClN5OS. The fraction of sp³-hybridized carbons (Fsp3) is 0.500. The average Bonchev–Trinajstić information content (AvgIpc) is 3.04. The lowest BCUT2D eigenvalue weighted by Gasteiger charge is -2.29. The topological polar surface area (TPSA) is 72.7 Å². The molecule has 1 saturated carbocycles. The van der Waals surface area contributed by atoms with Crippen LogP contribution in [0.2, 0.25) is 5.02 Å². The first-order chi connectivity index (χ1) is 11.6. The molecule has 6 nitrogen and oxygen atoms in total. The van der Waals surface area contributed by atoms with Crippen molar-refractivity contribution in [2.24, 2.45) is 5.92 Å². The number of benzene rings is 1. The smallest absolute Gasteiger partial charge is 0.230 e. The number of nitrogens with one attached hydrogen (secondary N) is 1. The van der Waals surface area contributed by atoms with Crippen LogP contribution in [0, 0.1) is 5.92 Å². The van der Waals surface area contributed by atoms with Gasteiger partial charge in [0.2, 0.25) is 11.1 Å². The van der Waals surface area contributed by atoms with E-state index in [9.17, 15) is 4.79 Å². The first-order valence-electron chi connectivity index (χ1n) is 8.10. The summed E-state index contributed by atoms with van der Waals surface area (Å²) >= 11 is 7.33. The Kier molecular flexibility index (Phi) is 5.73. The van der Waals surface area contributed by atoms with Crippen LogP contribution in [0.1, 0.15) is 32.6 Å². The summed E-state index contributed by atoms with van der Waals surface area (Å²) < 4.78 is 1.59. The summed E-state index contributed by atoms with van der Waals surface area (Å²) in [6.45, 7) is 2.21. The molecule has 1 heterocycles. The molecule has 0 bridgehead atoms. The summed E-state index contributed by atoms with van der Waals surface area (Å²) in [6.07, 6.45) is 4.70. The van der Waals surface area contributed by atoms with Crippen LogP contribution in [0.25, 0.3) is 5.69 Å². The molecule has 128 valence electrons. The number of amides is 1. The average molecular weight is 366 g/mol. The van der Waals surface area contributed by atoms with Crippen LogP contribution in [0.15, 0.2) is 29.4 Å². The molecule has 0 spiro atoms. The normalized spacial score (nSPS) is 20.8. The van der Waals surface area contributed by atoms with Gasteiger partial charge in [-0.3, -0.25) is 4.79 Å². The van der Waals surface area contributed by atoms with Gasteiger partial charge in [-0.25, -0.2) is 0 Å². The Hall–Kier alpha value is -1.60. The van der Waals surface area contributed by atoms with Crippen LogP contribution >= 0.6 is 23.4 Å². The van der Waals surface area contributed by atoms with Crippen LogP contribution in [0.3, 0.4) is 0 Å². The molecule has 1 aliphatic carbocycles. The summed E-state index contributed by atoms with van der Waals surface area (Å²) in [5.74, 6) is 0.869. The quantitative estimate of drug-likeness (QED) is 0.824. The summed E-state index contributed by atoms with van der Waals surface area (Å²) in [5, 5.41) is 16.0. The summed E-state index contributed by atoms with van der Waals surface area (Å²) in [6, 6.07) is 7.57. The molecule has 1 aromatic carbocycles. The van der Waals surface area contributed by atoms with E-state index in [1.54, 1.807) is 16.8 Å². The van der Waals surface area contributed by atoms with E-state index in [4.69, 9.17) is 11.6 Å². The maximum Gasteiger partial charge on any atom is 0.230 e. The van der Waals surface area contributed by atoms with Gasteiger partial charge in [0.15, 0.2) is 0 Å². The zero-order valence-electron chi connectivity index (χ0n) is 13.5. The second-order valence-corrected chi connectivity index (χ2v) is 7.46. The van der Waals surface area contributed by atoms with E-state index in [1.807, 2.05) is 12.1 Å². The predicted molar refractivity (Wildman–Crippen MR) is 94.5 cm³/mol. The highest BCUT2D eigenvalue weighted by molar-refractivity contribution is 7.99. The number of halogens is 1. The van der Waals surface area contributed by atoms with Crippen molar-refractivity contribution in [1.82, 2.24) is 25.5 Å². The second-order valence-electron chi connectivity index (χ2n) is 6.08. The molecule has 0 saturated heterocycles. The van der Waals surface area contributed by atoms with Crippen molar-refractivity contribution in [1.29, 1.82) is 0 Å². The zero-order chi connectivity index (χ0) is 16.9. The van der Waals surface area contributed by atoms with E-state index in [0.717, 1.165) is 12.1 Å². The van der Waals surface area contributed by atoms with E-state index in [2.05, 4.69) is 27.8 Å². The second kappa shape index (κ2) is 7.98. The van der Waals surface area contributed by atoms with E-state index in [1.165, 1.54) is 31.0 Å². The third-order valence-corrected chi connectivity index (χ3v) is 5.44. The molecule has 8 heteroatoms. The maximum absolute atomic E-state index is 12.2. The van der Waals surface area contributed by atoms with Crippen molar-refractivity contribution in [3.8, 4) is 5.69 Å². The number of nitrogens with zero attached hydrogens (tertiary/aromatic N) is 4. The highest BCUT2D eigenvalue weighted by Crippen LogP contribution is 2.24. The van der Waals surface area contributed by atoms with Crippen molar-refractivity contribution >= 4 is 29.3 Å². The predicted octanol–water partition coefficient (Wildman–Crippen LogP) is 3.10. The minimum Gasteiger partial charge on any atom is -0.352 e. The lowest BCUT2D eigenvalue weighted by molar-refractivity contribution is -0.119. The molecule has 3 rings (SSSR count).